The van der Waals surface area contributed by atoms with Crippen LogP contribution in [0.3, 0.4) is 0 Å². The minimum Gasteiger partial charge on any atom is -0.455 e. The zero-order chi connectivity index (χ0) is 91.6. The number of rotatable bonds is 29. The molecule has 0 amide bonds. The van der Waals surface area contributed by atoms with Crippen LogP contribution in [0.2, 0.25) is 0 Å². The van der Waals surface area contributed by atoms with Crippen LogP contribution in [0.25, 0.3) is 188 Å². The first-order chi connectivity index (χ1) is 68.4. The van der Waals surface area contributed by atoms with Gasteiger partial charge in [-0.25, -0.2) is 0 Å². The number of ether oxygens (including phenoxy) is 4. The molecule has 0 saturated heterocycles. The molecule has 0 N–H and O–H groups in total. The molecule has 0 saturated carbocycles. The zero-order valence-electron chi connectivity index (χ0n) is 75.9. The van der Waals surface area contributed by atoms with Gasteiger partial charge in [-0.05, 0) is 222 Å². The molecular weight excluding hydrogens is 1690 g/mol. The number of furan rings is 2. The molecule has 662 valence electrons. The van der Waals surface area contributed by atoms with E-state index in [1.165, 1.54) is 43.6 Å². The lowest BCUT2D eigenvalue weighted by Crippen LogP contribution is -2.11. The number of benzene rings is 20. The summed E-state index contributed by atoms with van der Waals surface area (Å²) in [7, 11) is 0. The molecule has 10 nitrogen and oxygen atoms in total. The Bertz CT molecular complexity index is 7870. The van der Waals surface area contributed by atoms with Crippen LogP contribution in [-0.4, -0.2) is 48.8 Å². The Morgan fingerprint density at radius 2 is 0.384 bits per heavy atom. The summed E-state index contributed by atoms with van der Waals surface area (Å²) in [5.74, 6) is 0. The van der Waals surface area contributed by atoms with Gasteiger partial charge in [0, 0.05) is 99.7 Å². The first-order valence-electron chi connectivity index (χ1n) is 47.3. The highest BCUT2D eigenvalue weighted by atomic mass is 16.6. The highest BCUT2D eigenvalue weighted by Gasteiger charge is 2.23. The summed E-state index contributed by atoms with van der Waals surface area (Å²) < 4.78 is 41.5. The second kappa shape index (κ2) is 37.5. The van der Waals surface area contributed by atoms with Crippen LogP contribution in [0.15, 0.2) is 482 Å². The minimum absolute atomic E-state index is 0.482. The number of nitrogens with zero attached hydrogens (tertiary/aromatic N) is 4. The molecule has 0 aliphatic carbocycles. The van der Waals surface area contributed by atoms with Gasteiger partial charge in [-0.1, -0.05) is 340 Å². The van der Waals surface area contributed by atoms with E-state index in [1.54, 1.807) is 0 Å². The van der Waals surface area contributed by atoms with Crippen molar-refractivity contribution in [3.63, 3.8) is 0 Å². The lowest BCUT2D eigenvalue weighted by molar-refractivity contribution is -0.00618. The van der Waals surface area contributed by atoms with Gasteiger partial charge in [-0.3, -0.25) is 0 Å². The molecule has 138 heavy (non-hydrogen) atoms. The predicted molar refractivity (Wildman–Crippen MR) is 570 cm³/mol. The Kier molecular flexibility index (Phi) is 22.8. The Balaban J connectivity index is 0.364. The predicted octanol–water partition coefficient (Wildman–Crippen LogP) is 33.7. The van der Waals surface area contributed by atoms with E-state index < -0.39 is 0 Å². The fourth-order valence-electron chi connectivity index (χ4n) is 19.9. The molecule has 4 heterocycles. The molecule has 0 aliphatic heterocycles. The van der Waals surface area contributed by atoms with E-state index in [-0.39, 0.29) is 0 Å². The van der Waals surface area contributed by atoms with Gasteiger partial charge in [0.25, 0.3) is 0 Å². The van der Waals surface area contributed by atoms with Crippen molar-refractivity contribution in [1.29, 1.82) is 0 Å². The van der Waals surface area contributed by atoms with Gasteiger partial charge < -0.3 is 46.7 Å². The van der Waals surface area contributed by atoms with Crippen molar-refractivity contribution in [2.24, 2.45) is 0 Å². The minimum atomic E-state index is 0.482. The van der Waals surface area contributed by atoms with Gasteiger partial charge in [0.15, 0.2) is 0 Å². The summed E-state index contributed by atoms with van der Waals surface area (Å²) in [4.78, 5) is 4.67. The summed E-state index contributed by atoms with van der Waals surface area (Å²) in [6, 6.07) is 170. The topological polar surface area (TPSA) is 79.5 Å². The number of anilines is 6. The van der Waals surface area contributed by atoms with E-state index in [1.807, 2.05) is 24.3 Å². The van der Waals surface area contributed by atoms with Gasteiger partial charge in [0.05, 0.1) is 74.9 Å². The Labute approximate surface area is 800 Å². The fourth-order valence-corrected chi connectivity index (χ4v) is 19.9. The second-order valence-electron chi connectivity index (χ2n) is 35.2. The standard InChI is InChI=1S/C128H94N4O6/c1-7-25-121-113(15-1)114-16-2-8-26-122(114)131(121)109-71-55-99(56-72-109)97-51-67-105(68-52-97)129(107-75-59-101(60-76-107)111-21-13-23-119-117-19-5-11-29-125(117)137-127(111)119)103-63-47-95(48-64-103)93-43-39-91(40-44-93)89-35-31-87(32-36-89)85-135-83-81-133-79-80-134-82-84-136-86-88-33-37-90(38-34-88)92-41-45-94(46-42-92)96-49-65-104(66-50-96)130(108-77-61-102(62-78-108)112-22-14-24-120-118-20-6-12-30-126(118)138-128(112)120)106-69-53-98(54-70-106)100-57-73-110(74-58-100)132-123-27-9-3-17-115(123)116-18-4-10-28-124(116)132/h1-78H,79-86H2. The van der Waals surface area contributed by atoms with Crippen LogP contribution in [0.4, 0.5) is 34.1 Å². The third-order valence-electron chi connectivity index (χ3n) is 26.9. The Hall–Kier alpha value is -17.0. The summed E-state index contributed by atoms with van der Waals surface area (Å²) in [6.07, 6.45) is 0. The van der Waals surface area contributed by atoms with Crippen molar-refractivity contribution in [3.05, 3.63) is 484 Å². The number of hydrogen-bond donors (Lipinski definition) is 0. The third-order valence-corrected chi connectivity index (χ3v) is 26.9. The second-order valence-corrected chi connectivity index (χ2v) is 35.2. The van der Waals surface area contributed by atoms with Crippen molar-refractivity contribution in [2.45, 2.75) is 13.2 Å². The molecule has 20 aromatic carbocycles. The smallest absolute Gasteiger partial charge is 0.143 e. The van der Waals surface area contributed by atoms with Gasteiger partial charge in [-0.2, -0.15) is 0 Å². The van der Waals surface area contributed by atoms with Gasteiger partial charge in [-0.15, -0.1) is 0 Å². The molecule has 0 radical (unpaired) electrons. The molecule has 24 aromatic rings. The Morgan fingerprint density at radius 3 is 0.659 bits per heavy atom. The molecule has 0 fully saturated rings. The monoisotopic (exact) mass is 1780 g/mol. The highest BCUT2D eigenvalue weighted by molar-refractivity contribution is 6.13. The van der Waals surface area contributed by atoms with E-state index in [0.29, 0.717) is 52.9 Å². The van der Waals surface area contributed by atoms with Crippen molar-refractivity contribution < 1.29 is 27.8 Å². The van der Waals surface area contributed by atoms with Crippen molar-refractivity contribution in [2.75, 3.05) is 49.4 Å². The largest absolute Gasteiger partial charge is 0.455 e. The first-order valence-corrected chi connectivity index (χ1v) is 47.3. The average Bonchev–Trinajstić information content (AvgIpc) is 1.58. The summed E-state index contributed by atoms with van der Waals surface area (Å²) in [5.41, 5.74) is 37.2. The number of fused-ring (bicyclic) bond motifs is 12. The lowest BCUT2D eigenvalue weighted by atomic mass is 9.99. The van der Waals surface area contributed by atoms with E-state index >= 15 is 0 Å². The first kappa shape index (κ1) is 84.1. The SMILES string of the molecule is c1ccc2c(c1)oc1c(-c3ccc(N(c4ccc(-c5ccc(-c6ccc(COCCOCCOCCOCc7ccc(-c8ccc(-c9ccc(N(c%10ccc(-c%11ccc(-n%12c%13ccccc%13c%13ccccc%13%12)cc%11)cc%10)c%10ccc(-c%11cccc%12c%11oc%11ccccc%11%12)cc%10)cc9)cc8)cc7)cc6)cc5)cc4)c4ccc(-c5ccc(-n6c7ccccc7c7ccccc76)cc5)cc4)cc3)cccc12. The molecule has 24 rings (SSSR count). The molecule has 0 atom stereocenters. The maximum atomic E-state index is 6.50. The molecule has 0 spiro atoms. The van der Waals surface area contributed by atoms with Crippen LogP contribution >= 0.6 is 0 Å². The summed E-state index contributed by atoms with van der Waals surface area (Å²) in [6.45, 7) is 3.91. The van der Waals surface area contributed by atoms with E-state index in [9.17, 15) is 0 Å². The molecule has 10 heteroatoms. The highest BCUT2D eigenvalue weighted by Crippen LogP contribution is 2.46. The summed E-state index contributed by atoms with van der Waals surface area (Å²) in [5, 5.41) is 9.49. The zero-order valence-corrected chi connectivity index (χ0v) is 75.9. The average molecular weight is 1780 g/mol. The molecule has 4 aromatic heterocycles. The number of para-hydroxylation sites is 8. The maximum Gasteiger partial charge on any atom is 0.143 e. The molecular formula is C128H94N4O6. The van der Waals surface area contributed by atoms with Crippen molar-refractivity contribution in [1.82, 2.24) is 9.13 Å². The summed E-state index contributed by atoms with van der Waals surface area (Å²) >= 11 is 0. The number of aromatic nitrogens is 2. The van der Waals surface area contributed by atoms with Crippen molar-refractivity contribution >= 4 is 122 Å². The quantitative estimate of drug-likeness (QED) is 0.0429. The van der Waals surface area contributed by atoms with Gasteiger partial charge >= 0.3 is 0 Å². The van der Waals surface area contributed by atoms with Gasteiger partial charge in [0.1, 0.15) is 22.3 Å². The van der Waals surface area contributed by atoms with Crippen LogP contribution in [-0.2, 0) is 32.2 Å². The van der Waals surface area contributed by atoms with Crippen LogP contribution < -0.4 is 9.80 Å². The van der Waals surface area contributed by atoms with E-state index in [4.69, 9.17) is 27.8 Å². The van der Waals surface area contributed by atoms with Crippen LogP contribution in [0.5, 0.6) is 0 Å². The van der Waals surface area contributed by atoms with Crippen LogP contribution in [0.1, 0.15) is 11.1 Å². The van der Waals surface area contributed by atoms with E-state index in [2.05, 4.69) is 468 Å². The van der Waals surface area contributed by atoms with Crippen molar-refractivity contribution in [3.8, 4) is 100 Å². The molecule has 0 unspecified atom stereocenters. The lowest BCUT2D eigenvalue weighted by Gasteiger charge is -2.26. The van der Waals surface area contributed by atoms with Gasteiger partial charge in [0.2, 0.25) is 0 Å². The third kappa shape index (κ3) is 16.6. The maximum absolute atomic E-state index is 6.50. The molecule has 0 aliphatic rings. The number of hydrogen-bond acceptors (Lipinski definition) is 8. The molecule has 0 bridgehead atoms. The van der Waals surface area contributed by atoms with E-state index in [0.717, 1.165) is 190 Å². The Morgan fingerprint density at radius 1 is 0.174 bits per heavy atom. The fraction of sp³-hybridized carbons (Fsp3) is 0.0625. The normalized spacial score (nSPS) is 11.7. The van der Waals surface area contributed by atoms with Crippen LogP contribution in [0, 0.1) is 0 Å².